The zero-order chi connectivity index (χ0) is 24.9. The smallest absolute Gasteiger partial charge is 0.301 e. The number of carbonyl (C=O) groups is 2. The number of rotatable bonds is 4. The molecule has 0 spiro atoms. The Morgan fingerprint density at radius 3 is 2.43 bits per heavy atom. The van der Waals surface area contributed by atoms with Crippen molar-refractivity contribution in [2.45, 2.75) is 13.0 Å². The second-order valence-corrected chi connectivity index (χ2v) is 9.00. The number of nitrogens with zero attached hydrogens (tertiary/aromatic N) is 3. The van der Waals surface area contributed by atoms with Crippen LogP contribution in [0.25, 0.3) is 16.0 Å². The van der Waals surface area contributed by atoms with Gasteiger partial charge in [0.1, 0.15) is 11.6 Å². The number of anilines is 1. The van der Waals surface area contributed by atoms with Crippen molar-refractivity contribution in [3.63, 3.8) is 0 Å². The molecule has 1 aromatic heterocycles. The maximum absolute atomic E-state index is 13.7. The molecule has 0 bridgehead atoms. The number of benzene rings is 3. The Morgan fingerprint density at radius 2 is 1.77 bits per heavy atom. The number of nitro benzene ring substituents is 1. The number of ketones is 1. The highest BCUT2D eigenvalue weighted by Crippen LogP contribution is 2.44. The summed E-state index contributed by atoms with van der Waals surface area (Å²) in [5, 5.41) is 22.4. The maximum atomic E-state index is 13.7. The van der Waals surface area contributed by atoms with Crippen LogP contribution in [0.4, 0.5) is 15.2 Å². The lowest BCUT2D eigenvalue weighted by Crippen LogP contribution is -2.29. The van der Waals surface area contributed by atoms with E-state index in [9.17, 15) is 29.2 Å². The van der Waals surface area contributed by atoms with E-state index in [4.69, 9.17) is 0 Å². The van der Waals surface area contributed by atoms with E-state index < -0.39 is 28.5 Å². The highest BCUT2D eigenvalue weighted by atomic mass is 32.1. The zero-order valence-corrected chi connectivity index (χ0v) is 19.0. The van der Waals surface area contributed by atoms with Gasteiger partial charge >= 0.3 is 5.91 Å². The van der Waals surface area contributed by atoms with Crippen LogP contribution in [0.15, 0.2) is 72.3 Å². The number of fused-ring (bicyclic) bond motifs is 1. The van der Waals surface area contributed by atoms with Crippen molar-refractivity contribution < 1.29 is 24.0 Å². The summed E-state index contributed by atoms with van der Waals surface area (Å²) in [6, 6.07) is 15.0. The normalized spacial score (nSPS) is 17.3. The van der Waals surface area contributed by atoms with Crippen molar-refractivity contribution >= 4 is 49.8 Å². The van der Waals surface area contributed by atoms with Gasteiger partial charge < -0.3 is 5.11 Å². The highest BCUT2D eigenvalue weighted by molar-refractivity contribution is 7.22. The molecule has 0 radical (unpaired) electrons. The lowest BCUT2D eigenvalue weighted by Gasteiger charge is -2.22. The summed E-state index contributed by atoms with van der Waals surface area (Å²) in [5.74, 6) is -2.68. The van der Waals surface area contributed by atoms with Gasteiger partial charge in [-0.1, -0.05) is 41.2 Å². The average molecular weight is 489 g/mol. The highest BCUT2D eigenvalue weighted by Gasteiger charge is 2.48. The Bertz CT molecular complexity index is 1540. The number of carbonyl (C=O) groups excluding carboxylic acids is 2. The van der Waals surface area contributed by atoms with Gasteiger partial charge in [-0.05, 0) is 42.8 Å². The number of aliphatic hydroxyl groups excluding tert-OH is 1. The number of Topliss-reactive ketones (excluding diaryl/α,β-unsaturated/α-hetero) is 1. The number of hydrogen-bond acceptors (Lipinski definition) is 7. The number of amides is 1. The lowest BCUT2D eigenvalue weighted by atomic mass is 9.95. The SMILES string of the molecule is Cc1ccc(C(O)=C2C(=O)C(=O)N(c3nc4ccc(F)cc4s3)C2c2ccc([N+](=O)[O-])cc2)cc1. The number of halogens is 1. The second kappa shape index (κ2) is 8.41. The molecule has 1 unspecified atom stereocenters. The molecule has 8 nitrogen and oxygen atoms in total. The maximum Gasteiger partial charge on any atom is 0.301 e. The summed E-state index contributed by atoms with van der Waals surface area (Å²) in [4.78, 5) is 42.6. The number of aryl methyl sites for hydroxylation is 1. The second-order valence-electron chi connectivity index (χ2n) is 7.99. The van der Waals surface area contributed by atoms with Crippen molar-refractivity contribution in [2.24, 2.45) is 0 Å². The van der Waals surface area contributed by atoms with Crippen molar-refractivity contribution in [1.82, 2.24) is 4.98 Å². The van der Waals surface area contributed by atoms with Crippen molar-refractivity contribution in [3.8, 4) is 0 Å². The topological polar surface area (TPSA) is 114 Å². The molecule has 35 heavy (non-hydrogen) atoms. The number of nitro groups is 1. The third-order valence-corrected chi connectivity index (χ3v) is 6.75. The van der Waals surface area contributed by atoms with Crippen LogP contribution in [0.2, 0.25) is 0 Å². The van der Waals surface area contributed by atoms with E-state index >= 15 is 0 Å². The van der Waals surface area contributed by atoms with Gasteiger partial charge in [0, 0.05) is 17.7 Å². The van der Waals surface area contributed by atoms with Gasteiger partial charge in [0.05, 0.1) is 26.8 Å². The Hall–Kier alpha value is -4.44. The van der Waals surface area contributed by atoms with Gasteiger partial charge in [-0.3, -0.25) is 24.6 Å². The quantitative estimate of drug-likeness (QED) is 0.137. The van der Waals surface area contributed by atoms with Gasteiger partial charge in [0.15, 0.2) is 5.13 Å². The Morgan fingerprint density at radius 1 is 1.09 bits per heavy atom. The number of non-ortho nitro benzene ring substituents is 1. The Balaban J connectivity index is 1.72. The molecule has 5 rings (SSSR count). The van der Waals surface area contributed by atoms with E-state index in [0.717, 1.165) is 21.8 Å². The van der Waals surface area contributed by atoms with Gasteiger partial charge in [0.2, 0.25) is 0 Å². The van der Waals surface area contributed by atoms with Crippen LogP contribution in [0, 0.1) is 22.9 Å². The molecule has 174 valence electrons. The van der Waals surface area contributed by atoms with Gasteiger partial charge in [-0.25, -0.2) is 9.37 Å². The molecule has 1 fully saturated rings. The number of thiazole rings is 1. The number of aliphatic hydroxyl groups is 1. The van der Waals surface area contributed by atoms with Crippen LogP contribution in [-0.4, -0.2) is 26.7 Å². The minimum atomic E-state index is -1.09. The van der Waals surface area contributed by atoms with Crippen LogP contribution in [-0.2, 0) is 9.59 Å². The van der Waals surface area contributed by atoms with E-state index in [-0.39, 0.29) is 22.2 Å². The summed E-state index contributed by atoms with van der Waals surface area (Å²) < 4.78 is 14.2. The fraction of sp³-hybridized carbons (Fsp3) is 0.0800. The molecule has 1 N–H and O–H groups in total. The van der Waals surface area contributed by atoms with Crippen LogP contribution < -0.4 is 4.90 Å². The molecule has 1 aliphatic heterocycles. The minimum Gasteiger partial charge on any atom is -0.507 e. The summed E-state index contributed by atoms with van der Waals surface area (Å²) in [6.45, 7) is 1.87. The molecule has 3 aromatic carbocycles. The zero-order valence-electron chi connectivity index (χ0n) is 18.1. The summed E-state index contributed by atoms with van der Waals surface area (Å²) in [6.07, 6.45) is 0. The molecule has 1 aliphatic rings. The summed E-state index contributed by atoms with van der Waals surface area (Å²) >= 11 is 1.02. The van der Waals surface area contributed by atoms with E-state index in [2.05, 4.69) is 4.98 Å². The van der Waals surface area contributed by atoms with Crippen LogP contribution >= 0.6 is 11.3 Å². The molecular formula is C25H16FN3O5S. The van der Waals surface area contributed by atoms with E-state index in [1.165, 1.54) is 42.5 Å². The first-order valence-corrected chi connectivity index (χ1v) is 11.2. The number of hydrogen-bond donors (Lipinski definition) is 1. The third-order valence-electron chi connectivity index (χ3n) is 5.73. The first-order valence-electron chi connectivity index (χ1n) is 10.4. The largest absolute Gasteiger partial charge is 0.507 e. The Labute approximate surface area is 201 Å². The van der Waals surface area contributed by atoms with E-state index in [0.29, 0.717) is 21.3 Å². The summed E-state index contributed by atoms with van der Waals surface area (Å²) in [5.41, 5.74) is 1.75. The third kappa shape index (κ3) is 3.83. The summed E-state index contributed by atoms with van der Waals surface area (Å²) in [7, 11) is 0. The number of aromatic nitrogens is 1. The first kappa shape index (κ1) is 22.4. The molecule has 0 saturated carbocycles. The molecule has 1 amide bonds. The van der Waals surface area contributed by atoms with Crippen LogP contribution in [0.3, 0.4) is 0 Å². The molecule has 0 aliphatic carbocycles. The Kier molecular flexibility index (Phi) is 5.37. The molecule has 10 heteroatoms. The van der Waals surface area contributed by atoms with E-state index in [1.54, 1.807) is 24.3 Å². The lowest BCUT2D eigenvalue weighted by molar-refractivity contribution is -0.384. The molecule has 1 saturated heterocycles. The molecule has 1 atom stereocenters. The molecular weight excluding hydrogens is 473 g/mol. The van der Waals surface area contributed by atoms with Crippen LogP contribution in [0.5, 0.6) is 0 Å². The van der Waals surface area contributed by atoms with E-state index in [1.807, 2.05) is 6.92 Å². The van der Waals surface area contributed by atoms with Crippen molar-refractivity contribution in [3.05, 3.63) is 105 Å². The predicted molar refractivity (Wildman–Crippen MR) is 129 cm³/mol. The molecule has 2 heterocycles. The van der Waals surface area contributed by atoms with Gasteiger partial charge in [0.25, 0.3) is 11.5 Å². The minimum absolute atomic E-state index is 0.138. The fourth-order valence-electron chi connectivity index (χ4n) is 3.98. The predicted octanol–water partition coefficient (Wildman–Crippen LogP) is 5.28. The van der Waals surface area contributed by atoms with Gasteiger partial charge in [-0.15, -0.1) is 0 Å². The standard InChI is InChI=1S/C25H16FN3O5S/c1-13-2-4-15(5-3-13)22(30)20-21(14-6-9-17(10-7-14)29(33)34)28(24(32)23(20)31)25-27-18-11-8-16(26)12-19(18)35-25/h2-12,21,30H,1H3. The van der Waals surface area contributed by atoms with Gasteiger partial charge in [-0.2, -0.15) is 0 Å². The molecule has 4 aromatic rings. The van der Waals surface area contributed by atoms with Crippen molar-refractivity contribution in [2.75, 3.05) is 4.90 Å². The first-order chi connectivity index (χ1) is 16.7. The average Bonchev–Trinajstić information content (AvgIpc) is 3.37. The van der Waals surface area contributed by atoms with Crippen molar-refractivity contribution in [1.29, 1.82) is 0 Å². The fourth-order valence-corrected chi connectivity index (χ4v) is 5.00. The monoisotopic (exact) mass is 489 g/mol. The van der Waals surface area contributed by atoms with Crippen LogP contribution in [0.1, 0.15) is 22.7 Å².